The molecule has 1 atom stereocenters. The van der Waals surface area contributed by atoms with Crippen molar-refractivity contribution in [2.75, 3.05) is 25.5 Å². The first kappa shape index (κ1) is 13.9. The fraction of sp³-hybridized carbons (Fsp3) is 0.615. The molecule has 4 nitrogen and oxygen atoms in total. The molecule has 0 aliphatic carbocycles. The van der Waals surface area contributed by atoms with Crippen molar-refractivity contribution in [3.8, 4) is 0 Å². The van der Waals surface area contributed by atoms with Crippen molar-refractivity contribution >= 4 is 5.82 Å². The second kappa shape index (κ2) is 8.03. The normalized spacial score (nSPS) is 12.6. The predicted octanol–water partition coefficient (Wildman–Crippen LogP) is 1.61. The van der Waals surface area contributed by atoms with Gasteiger partial charge in [-0.05, 0) is 37.9 Å². The number of aromatic nitrogens is 1. The van der Waals surface area contributed by atoms with Crippen molar-refractivity contribution in [3.63, 3.8) is 0 Å². The fourth-order valence-electron chi connectivity index (χ4n) is 1.69. The van der Waals surface area contributed by atoms with Gasteiger partial charge in [0.15, 0.2) is 0 Å². The number of anilines is 1. The summed E-state index contributed by atoms with van der Waals surface area (Å²) in [7, 11) is 0. The number of hydrogen-bond donors (Lipinski definition) is 2. The largest absolute Gasteiger partial charge is 0.383 e. The summed E-state index contributed by atoms with van der Waals surface area (Å²) < 4.78 is 5.48. The minimum absolute atomic E-state index is 0.307. The third kappa shape index (κ3) is 5.15. The molecule has 4 heteroatoms. The van der Waals surface area contributed by atoms with Crippen molar-refractivity contribution in [2.24, 2.45) is 0 Å². The quantitative estimate of drug-likeness (QED) is 0.721. The monoisotopic (exact) mass is 237 g/mol. The van der Waals surface area contributed by atoms with Crippen LogP contribution in [-0.4, -0.2) is 30.8 Å². The Kier molecular flexibility index (Phi) is 6.58. The van der Waals surface area contributed by atoms with Crippen LogP contribution in [0.5, 0.6) is 0 Å². The van der Waals surface area contributed by atoms with Gasteiger partial charge in [-0.15, -0.1) is 0 Å². The molecule has 1 aromatic heterocycles. The summed E-state index contributed by atoms with van der Waals surface area (Å²) in [5, 5.41) is 3.47. The fourth-order valence-corrected chi connectivity index (χ4v) is 1.69. The van der Waals surface area contributed by atoms with Gasteiger partial charge in [0.1, 0.15) is 5.82 Å². The van der Waals surface area contributed by atoms with Gasteiger partial charge in [0.05, 0.1) is 6.61 Å². The number of hydrogen-bond acceptors (Lipinski definition) is 4. The highest BCUT2D eigenvalue weighted by Gasteiger charge is 2.10. The lowest BCUT2D eigenvalue weighted by Gasteiger charge is -2.18. The van der Waals surface area contributed by atoms with E-state index in [9.17, 15) is 0 Å². The molecule has 0 bridgehead atoms. The summed E-state index contributed by atoms with van der Waals surface area (Å²) in [5.74, 6) is 0.618. The van der Waals surface area contributed by atoms with Gasteiger partial charge in [0.2, 0.25) is 0 Å². The highest BCUT2D eigenvalue weighted by molar-refractivity contribution is 5.38. The van der Waals surface area contributed by atoms with Crippen LogP contribution in [0.3, 0.4) is 0 Å². The summed E-state index contributed by atoms with van der Waals surface area (Å²) in [6, 6.07) is 4.25. The maximum atomic E-state index is 5.85. The van der Waals surface area contributed by atoms with Gasteiger partial charge in [-0.25, -0.2) is 4.98 Å². The molecule has 0 saturated heterocycles. The van der Waals surface area contributed by atoms with Gasteiger partial charge in [-0.2, -0.15) is 0 Å². The average molecular weight is 237 g/mol. The molecule has 17 heavy (non-hydrogen) atoms. The van der Waals surface area contributed by atoms with Crippen LogP contribution in [0.4, 0.5) is 5.82 Å². The van der Waals surface area contributed by atoms with Crippen LogP contribution in [0.15, 0.2) is 18.3 Å². The Bertz CT molecular complexity index is 309. The first-order chi connectivity index (χ1) is 8.27. The maximum Gasteiger partial charge on any atom is 0.126 e. The number of pyridine rings is 1. The molecular weight excluding hydrogens is 214 g/mol. The minimum atomic E-state index is 0.307. The summed E-state index contributed by atoms with van der Waals surface area (Å²) in [5.41, 5.74) is 6.93. The molecule has 1 rings (SSSR count). The number of nitrogens with two attached hydrogens (primary N) is 1. The maximum absolute atomic E-state index is 5.85. The van der Waals surface area contributed by atoms with Crippen LogP contribution in [0.2, 0.25) is 0 Å². The smallest absolute Gasteiger partial charge is 0.126 e. The Morgan fingerprint density at radius 2 is 2.29 bits per heavy atom. The van der Waals surface area contributed by atoms with Crippen molar-refractivity contribution in [1.29, 1.82) is 0 Å². The Labute approximate surface area is 104 Å². The van der Waals surface area contributed by atoms with Crippen molar-refractivity contribution in [2.45, 2.75) is 32.7 Å². The summed E-state index contributed by atoms with van der Waals surface area (Å²) in [6.07, 6.45) is 3.70. The molecule has 0 aromatic carbocycles. The van der Waals surface area contributed by atoms with E-state index < -0.39 is 0 Å². The van der Waals surface area contributed by atoms with Gasteiger partial charge in [-0.3, -0.25) is 0 Å². The van der Waals surface area contributed by atoms with Crippen LogP contribution in [0.1, 0.15) is 25.8 Å². The Hall–Kier alpha value is -1.13. The number of nitrogens with one attached hydrogen (secondary N) is 1. The Morgan fingerprint density at radius 1 is 1.47 bits per heavy atom. The van der Waals surface area contributed by atoms with E-state index in [0.717, 1.165) is 31.6 Å². The van der Waals surface area contributed by atoms with Crippen molar-refractivity contribution < 1.29 is 4.74 Å². The van der Waals surface area contributed by atoms with Gasteiger partial charge in [-0.1, -0.05) is 13.0 Å². The zero-order valence-corrected chi connectivity index (χ0v) is 10.8. The van der Waals surface area contributed by atoms with E-state index in [4.69, 9.17) is 10.5 Å². The minimum Gasteiger partial charge on any atom is -0.383 e. The molecule has 0 fully saturated rings. The van der Waals surface area contributed by atoms with Gasteiger partial charge in [0, 0.05) is 18.8 Å². The summed E-state index contributed by atoms with van der Waals surface area (Å²) >= 11 is 0. The van der Waals surface area contributed by atoms with Crippen molar-refractivity contribution in [3.05, 3.63) is 23.9 Å². The molecule has 3 N–H and O–H groups in total. The van der Waals surface area contributed by atoms with Crippen LogP contribution in [0, 0.1) is 0 Å². The zero-order valence-electron chi connectivity index (χ0n) is 10.8. The molecular formula is C13H23N3O. The van der Waals surface area contributed by atoms with E-state index in [0.29, 0.717) is 18.5 Å². The van der Waals surface area contributed by atoms with Crippen molar-refractivity contribution in [1.82, 2.24) is 10.3 Å². The van der Waals surface area contributed by atoms with E-state index in [2.05, 4.69) is 17.2 Å². The van der Waals surface area contributed by atoms with Crippen LogP contribution in [0.25, 0.3) is 0 Å². The Balaban J connectivity index is 2.55. The molecule has 0 spiro atoms. The molecule has 96 valence electrons. The average Bonchev–Trinajstić information content (AvgIpc) is 2.35. The second-order valence-electron chi connectivity index (χ2n) is 4.06. The van der Waals surface area contributed by atoms with E-state index in [1.54, 1.807) is 6.20 Å². The molecule has 0 saturated carbocycles. The molecule has 0 amide bonds. The molecule has 0 radical (unpaired) electrons. The van der Waals surface area contributed by atoms with Crippen LogP contribution < -0.4 is 11.1 Å². The lowest BCUT2D eigenvalue weighted by molar-refractivity contribution is 0.122. The highest BCUT2D eigenvalue weighted by Crippen LogP contribution is 2.10. The number of ether oxygens (including phenoxy) is 1. The van der Waals surface area contributed by atoms with Crippen LogP contribution in [-0.2, 0) is 11.2 Å². The third-order valence-electron chi connectivity index (χ3n) is 2.60. The van der Waals surface area contributed by atoms with E-state index in [1.165, 1.54) is 0 Å². The molecule has 1 unspecified atom stereocenters. The topological polar surface area (TPSA) is 60.2 Å². The second-order valence-corrected chi connectivity index (χ2v) is 4.06. The van der Waals surface area contributed by atoms with Gasteiger partial charge in [0.25, 0.3) is 0 Å². The van der Waals surface area contributed by atoms with Gasteiger partial charge >= 0.3 is 0 Å². The zero-order chi connectivity index (χ0) is 12.5. The number of rotatable bonds is 8. The van der Waals surface area contributed by atoms with Crippen LogP contribution >= 0.6 is 0 Å². The standard InChI is InChI=1S/C13H23N3O/c1-3-7-15-12(10-17-4-2)9-11-6-5-8-16-13(11)14/h5-6,8,12,15H,3-4,7,9-10H2,1-2H3,(H2,14,16). The van der Waals surface area contributed by atoms with E-state index in [-0.39, 0.29) is 0 Å². The Morgan fingerprint density at radius 3 is 2.94 bits per heavy atom. The molecule has 0 aliphatic rings. The summed E-state index contributed by atoms with van der Waals surface area (Å²) in [6.45, 7) is 6.62. The number of nitrogen functional groups attached to an aromatic ring is 1. The molecule has 1 heterocycles. The predicted molar refractivity (Wildman–Crippen MR) is 70.9 cm³/mol. The lowest BCUT2D eigenvalue weighted by atomic mass is 10.1. The third-order valence-corrected chi connectivity index (χ3v) is 2.60. The first-order valence-corrected chi connectivity index (χ1v) is 6.28. The highest BCUT2D eigenvalue weighted by atomic mass is 16.5. The van der Waals surface area contributed by atoms with Gasteiger partial charge < -0.3 is 15.8 Å². The number of nitrogens with zero attached hydrogens (tertiary/aromatic N) is 1. The summed E-state index contributed by atoms with van der Waals surface area (Å²) in [4.78, 5) is 4.10. The SMILES string of the molecule is CCCNC(COCC)Cc1cccnc1N. The van der Waals surface area contributed by atoms with E-state index in [1.807, 2.05) is 19.1 Å². The molecule has 1 aromatic rings. The lowest BCUT2D eigenvalue weighted by Crippen LogP contribution is -2.36. The molecule has 0 aliphatic heterocycles. The van der Waals surface area contributed by atoms with E-state index >= 15 is 0 Å². The first-order valence-electron chi connectivity index (χ1n) is 6.28.